The van der Waals surface area contributed by atoms with Crippen molar-refractivity contribution in [3.05, 3.63) is 0 Å². The number of hydrogen-bond donors (Lipinski definition) is 0. The van der Waals surface area contributed by atoms with Crippen LogP contribution in [0.4, 0.5) is 0 Å². The van der Waals surface area contributed by atoms with E-state index in [1.807, 2.05) is 0 Å². The lowest BCUT2D eigenvalue weighted by Crippen LogP contribution is -2.30. The Balaban J connectivity index is 4.01. The molecule has 0 bridgehead atoms. The predicted octanol–water partition coefficient (Wildman–Crippen LogP) is 20.3. The number of esters is 3. The summed E-state index contributed by atoms with van der Waals surface area (Å²) in [6.45, 7) is 6.68. The summed E-state index contributed by atoms with van der Waals surface area (Å²) in [4.78, 5) is 38.0. The van der Waals surface area contributed by atoms with Crippen LogP contribution in [0.15, 0.2) is 0 Å². The first kappa shape index (κ1) is 65.4. The van der Waals surface area contributed by atoms with Gasteiger partial charge in [0.1, 0.15) is 13.2 Å². The van der Waals surface area contributed by atoms with Crippen LogP contribution in [0.3, 0.4) is 0 Å². The van der Waals surface area contributed by atoms with Gasteiger partial charge >= 0.3 is 17.9 Å². The third-order valence-electron chi connectivity index (χ3n) is 14.1. The van der Waals surface area contributed by atoms with Gasteiger partial charge in [-0.3, -0.25) is 14.4 Å². The van der Waals surface area contributed by atoms with Gasteiger partial charge in [0, 0.05) is 19.3 Å². The Labute approximate surface area is 418 Å². The fourth-order valence-corrected chi connectivity index (χ4v) is 9.51. The SMILES string of the molecule is CCCCCCCCCCCCCCCCCCCCCCCCCCCCCCC(=O)OCC(COC(=O)CCCCCCCCCCC)OC(=O)CCCCCCCCCCCCCC. The number of hydrogen-bond acceptors (Lipinski definition) is 6. The van der Waals surface area contributed by atoms with Crippen molar-refractivity contribution in [1.82, 2.24) is 0 Å². The zero-order chi connectivity index (χ0) is 48.6. The molecule has 0 aromatic heterocycles. The molecular weight excluding hydrogens is 829 g/mol. The van der Waals surface area contributed by atoms with Gasteiger partial charge in [-0.05, 0) is 19.3 Å². The van der Waals surface area contributed by atoms with Crippen LogP contribution in [0.2, 0.25) is 0 Å². The van der Waals surface area contributed by atoms with Crippen molar-refractivity contribution >= 4 is 17.9 Å². The second-order valence-electron chi connectivity index (χ2n) is 21.0. The van der Waals surface area contributed by atoms with Gasteiger partial charge in [-0.2, -0.15) is 0 Å². The van der Waals surface area contributed by atoms with Gasteiger partial charge in [0.2, 0.25) is 0 Å². The highest BCUT2D eigenvalue weighted by molar-refractivity contribution is 5.71. The van der Waals surface area contributed by atoms with Gasteiger partial charge in [0.15, 0.2) is 6.10 Å². The van der Waals surface area contributed by atoms with E-state index in [2.05, 4.69) is 20.8 Å². The molecule has 6 nitrogen and oxygen atoms in total. The van der Waals surface area contributed by atoms with E-state index in [9.17, 15) is 14.4 Å². The topological polar surface area (TPSA) is 78.9 Å². The molecule has 0 aliphatic carbocycles. The monoisotopic (exact) mass is 947 g/mol. The average Bonchev–Trinajstić information content (AvgIpc) is 3.33. The van der Waals surface area contributed by atoms with Crippen molar-refractivity contribution in [2.75, 3.05) is 13.2 Å². The number of carbonyl (C=O) groups excluding carboxylic acids is 3. The average molecular weight is 948 g/mol. The zero-order valence-corrected chi connectivity index (χ0v) is 45.7. The van der Waals surface area contributed by atoms with E-state index >= 15 is 0 Å². The molecule has 0 radical (unpaired) electrons. The first-order valence-corrected chi connectivity index (χ1v) is 30.5. The van der Waals surface area contributed by atoms with Crippen molar-refractivity contribution in [1.29, 1.82) is 0 Å². The molecule has 398 valence electrons. The molecule has 0 aliphatic rings. The maximum absolute atomic E-state index is 12.8. The van der Waals surface area contributed by atoms with E-state index in [-0.39, 0.29) is 31.1 Å². The number of rotatable bonds is 57. The fraction of sp³-hybridized carbons (Fsp3) is 0.951. The van der Waals surface area contributed by atoms with Crippen LogP contribution in [-0.2, 0) is 28.6 Å². The maximum atomic E-state index is 12.8. The Bertz CT molecular complexity index is 998. The highest BCUT2D eigenvalue weighted by Crippen LogP contribution is 2.18. The summed E-state index contributed by atoms with van der Waals surface area (Å²) in [6.07, 6.45) is 64.2. The first-order valence-electron chi connectivity index (χ1n) is 30.5. The molecule has 0 N–H and O–H groups in total. The van der Waals surface area contributed by atoms with Gasteiger partial charge in [-0.1, -0.05) is 316 Å². The normalized spacial score (nSPS) is 11.9. The Kier molecular flexibility index (Phi) is 55.6. The van der Waals surface area contributed by atoms with Crippen molar-refractivity contribution in [2.24, 2.45) is 0 Å². The van der Waals surface area contributed by atoms with E-state index < -0.39 is 6.10 Å². The zero-order valence-electron chi connectivity index (χ0n) is 45.7. The van der Waals surface area contributed by atoms with Crippen molar-refractivity contribution in [3.63, 3.8) is 0 Å². The number of carbonyl (C=O) groups is 3. The molecule has 1 unspecified atom stereocenters. The molecule has 0 fully saturated rings. The minimum Gasteiger partial charge on any atom is -0.462 e. The lowest BCUT2D eigenvalue weighted by Gasteiger charge is -2.18. The second-order valence-corrected chi connectivity index (χ2v) is 21.0. The van der Waals surface area contributed by atoms with Crippen molar-refractivity contribution in [2.45, 2.75) is 361 Å². The Morgan fingerprint density at radius 2 is 0.403 bits per heavy atom. The summed E-state index contributed by atoms with van der Waals surface area (Å²) >= 11 is 0. The van der Waals surface area contributed by atoms with Crippen LogP contribution in [0.25, 0.3) is 0 Å². The van der Waals surface area contributed by atoms with Gasteiger partial charge in [0.05, 0.1) is 0 Å². The third-order valence-corrected chi connectivity index (χ3v) is 14.1. The van der Waals surface area contributed by atoms with Crippen LogP contribution >= 0.6 is 0 Å². The minimum atomic E-state index is -0.760. The van der Waals surface area contributed by atoms with E-state index in [0.717, 1.165) is 57.8 Å². The lowest BCUT2D eigenvalue weighted by molar-refractivity contribution is -0.167. The highest BCUT2D eigenvalue weighted by Gasteiger charge is 2.19. The molecule has 0 rings (SSSR count). The highest BCUT2D eigenvalue weighted by atomic mass is 16.6. The van der Waals surface area contributed by atoms with E-state index in [0.29, 0.717) is 19.3 Å². The van der Waals surface area contributed by atoms with E-state index in [1.54, 1.807) is 0 Å². The maximum Gasteiger partial charge on any atom is 0.306 e. The van der Waals surface area contributed by atoms with Crippen LogP contribution in [0, 0.1) is 0 Å². The van der Waals surface area contributed by atoms with E-state index in [4.69, 9.17) is 14.2 Å². The Morgan fingerprint density at radius 3 is 0.597 bits per heavy atom. The molecule has 0 heterocycles. The summed E-state index contributed by atoms with van der Waals surface area (Å²) in [5.41, 5.74) is 0. The molecule has 0 amide bonds. The van der Waals surface area contributed by atoms with Crippen LogP contribution in [0.5, 0.6) is 0 Å². The van der Waals surface area contributed by atoms with E-state index in [1.165, 1.54) is 257 Å². The molecule has 6 heteroatoms. The van der Waals surface area contributed by atoms with Crippen LogP contribution < -0.4 is 0 Å². The molecule has 0 saturated heterocycles. The summed E-state index contributed by atoms with van der Waals surface area (Å²) in [5, 5.41) is 0. The first-order chi connectivity index (χ1) is 33.0. The second kappa shape index (κ2) is 57.0. The fourth-order valence-electron chi connectivity index (χ4n) is 9.51. The number of unbranched alkanes of at least 4 members (excludes halogenated alkanes) is 46. The minimum absolute atomic E-state index is 0.0616. The smallest absolute Gasteiger partial charge is 0.306 e. The molecule has 0 aromatic rings. The van der Waals surface area contributed by atoms with Crippen molar-refractivity contribution in [3.8, 4) is 0 Å². The molecular formula is C61H118O6. The molecule has 1 atom stereocenters. The predicted molar refractivity (Wildman–Crippen MR) is 289 cm³/mol. The van der Waals surface area contributed by atoms with Gasteiger partial charge in [0.25, 0.3) is 0 Å². The lowest BCUT2D eigenvalue weighted by atomic mass is 10.0. The van der Waals surface area contributed by atoms with Crippen LogP contribution in [0.1, 0.15) is 355 Å². The van der Waals surface area contributed by atoms with Crippen LogP contribution in [-0.4, -0.2) is 37.2 Å². The standard InChI is InChI=1S/C61H118O6/c1-4-7-10-13-16-19-21-23-24-25-26-27-28-29-30-31-32-33-34-35-36-37-38-40-42-45-48-51-54-60(63)66-57-58(56-65-59(62)53-50-47-44-41-18-15-12-9-6-3)67-61(64)55-52-49-46-43-39-22-20-17-14-11-8-5-2/h58H,4-57H2,1-3H3. The molecule has 0 saturated carbocycles. The molecule has 0 aromatic carbocycles. The van der Waals surface area contributed by atoms with Gasteiger partial charge in [-0.15, -0.1) is 0 Å². The number of ether oxygens (including phenoxy) is 3. The molecule has 67 heavy (non-hydrogen) atoms. The van der Waals surface area contributed by atoms with Crippen molar-refractivity contribution < 1.29 is 28.6 Å². The quantitative estimate of drug-likeness (QED) is 0.0343. The molecule has 0 aliphatic heterocycles. The summed E-state index contributed by atoms with van der Waals surface area (Å²) in [5.74, 6) is -0.839. The Hall–Kier alpha value is -1.59. The van der Waals surface area contributed by atoms with Gasteiger partial charge in [-0.25, -0.2) is 0 Å². The largest absolute Gasteiger partial charge is 0.462 e. The Morgan fingerprint density at radius 1 is 0.239 bits per heavy atom. The summed E-state index contributed by atoms with van der Waals surface area (Å²) in [7, 11) is 0. The third kappa shape index (κ3) is 55.2. The van der Waals surface area contributed by atoms with Gasteiger partial charge < -0.3 is 14.2 Å². The summed E-state index contributed by atoms with van der Waals surface area (Å²) < 4.78 is 16.8. The molecule has 0 spiro atoms. The summed E-state index contributed by atoms with van der Waals surface area (Å²) in [6, 6.07) is 0.